The predicted octanol–water partition coefficient (Wildman–Crippen LogP) is -0.370. The molecular weight excluding hydrogens is 194 g/mol. The van der Waals surface area contributed by atoms with Crippen LogP contribution in [-0.4, -0.2) is 52.2 Å². The van der Waals surface area contributed by atoms with E-state index in [1.54, 1.807) is 0 Å². The van der Waals surface area contributed by atoms with Gasteiger partial charge in [-0.3, -0.25) is 9.89 Å². The molecule has 1 fully saturated rings. The molecule has 0 bridgehead atoms. The molecule has 2 heterocycles. The van der Waals surface area contributed by atoms with Gasteiger partial charge in [-0.15, -0.1) is 0 Å². The first-order chi connectivity index (χ1) is 7.36. The van der Waals surface area contributed by atoms with E-state index in [0.717, 1.165) is 19.6 Å². The Balaban J connectivity index is 1.67. The van der Waals surface area contributed by atoms with Gasteiger partial charge in [0.2, 0.25) is 5.82 Å². The van der Waals surface area contributed by atoms with E-state index in [2.05, 4.69) is 25.4 Å². The molecule has 1 aromatic heterocycles. The lowest BCUT2D eigenvalue weighted by atomic mass is 10.4. The number of nitrogens with zero attached hydrogens (tertiary/aromatic N) is 3. The Morgan fingerprint density at radius 1 is 1.53 bits per heavy atom. The average molecular weight is 209 g/mol. The van der Waals surface area contributed by atoms with Gasteiger partial charge in [0.05, 0.1) is 0 Å². The zero-order valence-electron chi connectivity index (χ0n) is 8.57. The summed E-state index contributed by atoms with van der Waals surface area (Å²) >= 11 is 0. The fourth-order valence-electron chi connectivity index (χ4n) is 1.73. The largest absolute Gasteiger partial charge is 0.348 e. The van der Waals surface area contributed by atoms with E-state index < -0.39 is 0 Å². The van der Waals surface area contributed by atoms with Crippen LogP contribution in [0.4, 0.5) is 0 Å². The van der Waals surface area contributed by atoms with Crippen LogP contribution in [0.1, 0.15) is 23.5 Å². The predicted molar refractivity (Wildman–Crippen MR) is 54.4 cm³/mol. The third kappa shape index (κ3) is 2.76. The number of amides is 1. The Bertz CT molecular complexity index is 304. The molecule has 0 aliphatic carbocycles. The molecular formula is C9H15N5O. The molecule has 1 aliphatic rings. The molecule has 1 aromatic rings. The number of aromatic amines is 1. The van der Waals surface area contributed by atoms with Crippen LogP contribution in [0, 0.1) is 0 Å². The van der Waals surface area contributed by atoms with Gasteiger partial charge in [0, 0.05) is 13.1 Å². The molecule has 2 N–H and O–H groups in total. The van der Waals surface area contributed by atoms with Crippen LogP contribution >= 0.6 is 0 Å². The molecule has 6 heteroatoms. The maximum atomic E-state index is 11.4. The first-order valence-electron chi connectivity index (χ1n) is 5.22. The quantitative estimate of drug-likeness (QED) is 0.709. The zero-order valence-corrected chi connectivity index (χ0v) is 8.57. The summed E-state index contributed by atoms with van der Waals surface area (Å²) in [5.74, 6) is 0.0862. The van der Waals surface area contributed by atoms with E-state index >= 15 is 0 Å². The van der Waals surface area contributed by atoms with Crippen molar-refractivity contribution in [1.82, 2.24) is 25.4 Å². The summed E-state index contributed by atoms with van der Waals surface area (Å²) in [6.45, 7) is 3.88. The molecule has 2 rings (SSSR count). The minimum absolute atomic E-state index is 0.188. The minimum Gasteiger partial charge on any atom is -0.348 e. The SMILES string of the molecule is O=C(NCCN1CCCC1)c1ncn[nH]1. The second kappa shape index (κ2) is 4.88. The zero-order chi connectivity index (χ0) is 10.5. The van der Waals surface area contributed by atoms with Crippen LogP contribution in [0.25, 0.3) is 0 Å². The fourth-order valence-corrected chi connectivity index (χ4v) is 1.73. The maximum absolute atomic E-state index is 11.4. The van der Waals surface area contributed by atoms with Gasteiger partial charge in [0.15, 0.2) is 0 Å². The highest BCUT2D eigenvalue weighted by atomic mass is 16.2. The van der Waals surface area contributed by atoms with Gasteiger partial charge in [0.1, 0.15) is 6.33 Å². The Kier molecular flexibility index (Phi) is 3.29. The lowest BCUT2D eigenvalue weighted by Gasteiger charge is -2.13. The van der Waals surface area contributed by atoms with Gasteiger partial charge in [0.25, 0.3) is 5.91 Å². The van der Waals surface area contributed by atoms with Crippen molar-refractivity contribution >= 4 is 5.91 Å². The van der Waals surface area contributed by atoms with E-state index in [1.807, 2.05) is 0 Å². The third-order valence-corrected chi connectivity index (χ3v) is 2.54. The van der Waals surface area contributed by atoms with Gasteiger partial charge < -0.3 is 10.2 Å². The number of hydrogen-bond donors (Lipinski definition) is 2. The number of carbonyl (C=O) groups excluding carboxylic acids is 1. The summed E-state index contributed by atoms with van der Waals surface area (Å²) in [6, 6.07) is 0. The van der Waals surface area contributed by atoms with Crippen molar-refractivity contribution in [3.8, 4) is 0 Å². The molecule has 6 nitrogen and oxygen atoms in total. The first kappa shape index (κ1) is 10.1. The Morgan fingerprint density at radius 2 is 2.33 bits per heavy atom. The molecule has 1 amide bonds. The molecule has 0 unspecified atom stereocenters. The fraction of sp³-hybridized carbons (Fsp3) is 0.667. The summed E-state index contributed by atoms with van der Waals surface area (Å²) in [5, 5.41) is 8.95. The van der Waals surface area contributed by atoms with E-state index in [4.69, 9.17) is 0 Å². The number of H-pyrrole nitrogens is 1. The third-order valence-electron chi connectivity index (χ3n) is 2.54. The van der Waals surface area contributed by atoms with Crippen molar-refractivity contribution in [3.05, 3.63) is 12.2 Å². The Labute approximate surface area is 88.1 Å². The Morgan fingerprint density at radius 3 is 3.00 bits per heavy atom. The van der Waals surface area contributed by atoms with Crippen LogP contribution < -0.4 is 5.32 Å². The molecule has 0 saturated carbocycles. The van der Waals surface area contributed by atoms with Crippen LogP contribution in [0.3, 0.4) is 0 Å². The van der Waals surface area contributed by atoms with E-state index in [9.17, 15) is 4.79 Å². The van der Waals surface area contributed by atoms with Crippen molar-refractivity contribution in [1.29, 1.82) is 0 Å². The smallest absolute Gasteiger partial charge is 0.288 e. The number of aromatic nitrogens is 3. The van der Waals surface area contributed by atoms with Crippen molar-refractivity contribution in [3.63, 3.8) is 0 Å². The summed E-state index contributed by atoms with van der Waals surface area (Å²) < 4.78 is 0. The normalized spacial score (nSPS) is 16.8. The number of hydrogen-bond acceptors (Lipinski definition) is 4. The summed E-state index contributed by atoms with van der Waals surface area (Å²) in [4.78, 5) is 17.5. The van der Waals surface area contributed by atoms with Crippen molar-refractivity contribution in [2.24, 2.45) is 0 Å². The molecule has 1 saturated heterocycles. The topological polar surface area (TPSA) is 73.9 Å². The van der Waals surface area contributed by atoms with Gasteiger partial charge >= 0.3 is 0 Å². The van der Waals surface area contributed by atoms with E-state index in [-0.39, 0.29) is 11.7 Å². The molecule has 0 spiro atoms. The second-order valence-corrected chi connectivity index (χ2v) is 3.64. The van der Waals surface area contributed by atoms with Gasteiger partial charge in [-0.1, -0.05) is 0 Å². The Hall–Kier alpha value is -1.43. The summed E-state index contributed by atoms with van der Waals surface area (Å²) in [7, 11) is 0. The van der Waals surface area contributed by atoms with Crippen LogP contribution in [0.2, 0.25) is 0 Å². The lowest BCUT2D eigenvalue weighted by Crippen LogP contribution is -2.33. The molecule has 1 aliphatic heterocycles. The highest BCUT2D eigenvalue weighted by Gasteiger charge is 2.12. The highest BCUT2D eigenvalue weighted by molar-refractivity contribution is 5.90. The molecule has 0 aromatic carbocycles. The van der Waals surface area contributed by atoms with Crippen LogP contribution in [-0.2, 0) is 0 Å². The number of nitrogens with one attached hydrogen (secondary N) is 2. The van der Waals surface area contributed by atoms with Gasteiger partial charge in [-0.05, 0) is 25.9 Å². The second-order valence-electron chi connectivity index (χ2n) is 3.64. The monoisotopic (exact) mass is 209 g/mol. The van der Waals surface area contributed by atoms with E-state index in [0.29, 0.717) is 6.54 Å². The molecule has 0 atom stereocenters. The van der Waals surface area contributed by atoms with Crippen molar-refractivity contribution in [2.75, 3.05) is 26.2 Å². The average Bonchev–Trinajstić information content (AvgIpc) is 2.90. The molecule has 0 radical (unpaired) electrons. The number of rotatable bonds is 4. The summed E-state index contributed by atoms with van der Waals surface area (Å²) in [6.07, 6.45) is 3.88. The van der Waals surface area contributed by atoms with Crippen LogP contribution in [0.15, 0.2) is 6.33 Å². The lowest BCUT2D eigenvalue weighted by molar-refractivity contribution is 0.0940. The van der Waals surface area contributed by atoms with Gasteiger partial charge in [-0.2, -0.15) is 5.10 Å². The number of likely N-dealkylation sites (tertiary alicyclic amines) is 1. The van der Waals surface area contributed by atoms with Crippen LogP contribution in [0.5, 0.6) is 0 Å². The number of carbonyl (C=O) groups is 1. The summed E-state index contributed by atoms with van der Waals surface area (Å²) in [5.41, 5.74) is 0. The van der Waals surface area contributed by atoms with Gasteiger partial charge in [-0.25, -0.2) is 4.98 Å². The van der Waals surface area contributed by atoms with E-state index in [1.165, 1.54) is 19.2 Å². The van der Waals surface area contributed by atoms with Crippen molar-refractivity contribution < 1.29 is 4.79 Å². The maximum Gasteiger partial charge on any atom is 0.288 e. The first-order valence-corrected chi connectivity index (χ1v) is 5.22. The van der Waals surface area contributed by atoms with Crippen molar-refractivity contribution in [2.45, 2.75) is 12.8 Å². The molecule has 82 valence electrons. The highest BCUT2D eigenvalue weighted by Crippen LogP contribution is 2.05. The minimum atomic E-state index is -0.188. The standard InChI is InChI=1S/C9H15N5O/c15-9(8-11-7-12-13-8)10-3-6-14-4-1-2-5-14/h7H,1-6H2,(H,10,15)(H,11,12,13). The molecule has 15 heavy (non-hydrogen) atoms.